The highest BCUT2D eigenvalue weighted by Crippen LogP contribution is 2.32. The van der Waals surface area contributed by atoms with Crippen molar-refractivity contribution in [2.75, 3.05) is 11.9 Å². The zero-order chi connectivity index (χ0) is 23.5. The number of nitro groups is 1. The van der Waals surface area contributed by atoms with Gasteiger partial charge in [-0.05, 0) is 37.1 Å². The third-order valence-electron chi connectivity index (χ3n) is 4.93. The summed E-state index contributed by atoms with van der Waals surface area (Å²) in [6.45, 7) is 0.0404. The van der Waals surface area contributed by atoms with Crippen LogP contribution in [0.2, 0.25) is 0 Å². The Hall–Kier alpha value is -3.76. The van der Waals surface area contributed by atoms with Crippen molar-refractivity contribution >= 4 is 29.1 Å². The lowest BCUT2D eigenvalue weighted by atomic mass is 10.1. The second-order valence-electron chi connectivity index (χ2n) is 7.16. The average molecular weight is 449 g/mol. The second-order valence-corrected chi connectivity index (χ2v) is 7.16. The van der Waals surface area contributed by atoms with Crippen molar-refractivity contribution in [1.82, 2.24) is 4.90 Å². The van der Waals surface area contributed by atoms with Crippen LogP contribution >= 0.6 is 0 Å². The molecule has 1 N–H and O–H groups in total. The van der Waals surface area contributed by atoms with Crippen LogP contribution in [0.25, 0.3) is 0 Å². The molecule has 0 atom stereocenters. The van der Waals surface area contributed by atoms with Gasteiger partial charge in [0.15, 0.2) is 0 Å². The molecule has 0 aromatic heterocycles. The Labute approximate surface area is 180 Å². The van der Waals surface area contributed by atoms with Crippen LogP contribution in [0.15, 0.2) is 42.5 Å². The highest BCUT2D eigenvalue weighted by Gasteiger charge is 2.40. The number of imide groups is 1. The summed E-state index contributed by atoms with van der Waals surface area (Å²) in [4.78, 5) is 48.2. The smallest absolute Gasteiger partial charge is 0.326 e. The van der Waals surface area contributed by atoms with E-state index in [1.165, 1.54) is 24.3 Å². The minimum absolute atomic E-state index is 0.00957. The predicted octanol–water partition coefficient (Wildman–Crippen LogP) is 4.41. The number of carbonyl (C=O) groups is 3. The van der Waals surface area contributed by atoms with E-state index < -0.39 is 40.1 Å². The number of carbonyl (C=O) groups excluding carboxylic acids is 3. The number of benzene rings is 2. The Bertz CT molecular complexity index is 1080. The first-order valence-electron chi connectivity index (χ1n) is 9.70. The first-order chi connectivity index (χ1) is 15.1. The number of fused-ring (bicyclic) bond motifs is 1. The van der Waals surface area contributed by atoms with Gasteiger partial charge in [-0.2, -0.15) is 13.2 Å². The van der Waals surface area contributed by atoms with E-state index >= 15 is 0 Å². The van der Waals surface area contributed by atoms with Gasteiger partial charge in [0.05, 0.1) is 16.1 Å². The Morgan fingerprint density at radius 3 is 2.44 bits per heavy atom. The second kappa shape index (κ2) is 9.16. The summed E-state index contributed by atoms with van der Waals surface area (Å²) >= 11 is 0. The van der Waals surface area contributed by atoms with Crippen LogP contribution in [-0.2, 0) is 11.0 Å². The van der Waals surface area contributed by atoms with Gasteiger partial charge in [0.25, 0.3) is 17.5 Å². The molecule has 32 heavy (non-hydrogen) atoms. The van der Waals surface area contributed by atoms with Crippen molar-refractivity contribution in [2.45, 2.75) is 31.9 Å². The number of rotatable bonds is 8. The molecule has 11 heteroatoms. The van der Waals surface area contributed by atoms with Gasteiger partial charge in [0, 0.05) is 24.7 Å². The molecule has 3 rings (SSSR count). The number of halogens is 3. The molecule has 0 aliphatic carbocycles. The van der Waals surface area contributed by atoms with E-state index in [2.05, 4.69) is 5.32 Å². The van der Waals surface area contributed by atoms with Crippen molar-refractivity contribution in [2.24, 2.45) is 0 Å². The lowest BCUT2D eigenvalue weighted by Crippen LogP contribution is -2.30. The fourth-order valence-corrected chi connectivity index (χ4v) is 3.40. The lowest BCUT2D eigenvalue weighted by Gasteiger charge is -2.13. The molecule has 0 saturated heterocycles. The summed E-state index contributed by atoms with van der Waals surface area (Å²) < 4.78 is 38.2. The van der Waals surface area contributed by atoms with E-state index in [0.29, 0.717) is 19.3 Å². The molecule has 1 heterocycles. The maximum Gasteiger partial charge on any atom is 0.416 e. The highest BCUT2D eigenvalue weighted by atomic mass is 19.4. The summed E-state index contributed by atoms with van der Waals surface area (Å²) in [5.41, 5.74) is -1.48. The standard InChI is InChI=1S/C21H18F3N3O5/c22-21(23,24)13-6-4-7-14(12-13)25-17(28)10-2-1-3-11-26-19(29)15-8-5-9-16(27(31)32)18(15)20(26)30/h4-9,12H,1-3,10-11H2,(H,25,28). The average Bonchev–Trinajstić information content (AvgIpc) is 2.97. The number of anilines is 1. The predicted molar refractivity (Wildman–Crippen MR) is 107 cm³/mol. The van der Waals surface area contributed by atoms with Crippen molar-refractivity contribution in [3.05, 3.63) is 69.3 Å². The first kappa shape index (κ1) is 22.9. The van der Waals surface area contributed by atoms with E-state index in [0.717, 1.165) is 23.1 Å². The van der Waals surface area contributed by atoms with E-state index in [-0.39, 0.29) is 29.8 Å². The third kappa shape index (κ3) is 4.93. The van der Waals surface area contributed by atoms with Gasteiger partial charge in [0.2, 0.25) is 5.91 Å². The molecule has 0 unspecified atom stereocenters. The molecule has 0 bridgehead atoms. The van der Waals surface area contributed by atoms with Crippen LogP contribution in [0.4, 0.5) is 24.5 Å². The molecule has 3 amide bonds. The fraction of sp³-hybridized carbons (Fsp3) is 0.286. The number of nitrogens with one attached hydrogen (secondary N) is 1. The third-order valence-corrected chi connectivity index (χ3v) is 4.93. The van der Waals surface area contributed by atoms with Crippen LogP contribution in [0.3, 0.4) is 0 Å². The van der Waals surface area contributed by atoms with E-state index in [9.17, 15) is 37.7 Å². The van der Waals surface area contributed by atoms with Gasteiger partial charge in [0.1, 0.15) is 5.56 Å². The van der Waals surface area contributed by atoms with E-state index in [4.69, 9.17) is 0 Å². The molecular weight excluding hydrogens is 431 g/mol. The maximum atomic E-state index is 12.7. The molecule has 0 fully saturated rings. The van der Waals surface area contributed by atoms with Gasteiger partial charge < -0.3 is 5.32 Å². The summed E-state index contributed by atoms with van der Waals surface area (Å²) in [6.07, 6.45) is -3.25. The van der Waals surface area contributed by atoms with Crippen LogP contribution in [0.5, 0.6) is 0 Å². The highest BCUT2D eigenvalue weighted by molar-refractivity contribution is 6.23. The Morgan fingerprint density at radius 1 is 1.03 bits per heavy atom. The maximum absolute atomic E-state index is 12.7. The summed E-state index contributed by atoms with van der Waals surface area (Å²) in [5, 5.41) is 13.5. The van der Waals surface area contributed by atoms with Crippen LogP contribution in [0, 0.1) is 10.1 Å². The quantitative estimate of drug-likeness (QED) is 0.278. The molecule has 0 spiro atoms. The Kier molecular flexibility index (Phi) is 6.56. The zero-order valence-corrected chi connectivity index (χ0v) is 16.6. The van der Waals surface area contributed by atoms with Crippen molar-refractivity contribution in [1.29, 1.82) is 0 Å². The minimum atomic E-state index is -4.51. The molecule has 8 nitrogen and oxygen atoms in total. The minimum Gasteiger partial charge on any atom is -0.326 e. The van der Waals surface area contributed by atoms with Crippen LogP contribution in [0.1, 0.15) is 52.0 Å². The normalized spacial score (nSPS) is 13.3. The summed E-state index contributed by atoms with van der Waals surface area (Å²) in [7, 11) is 0. The lowest BCUT2D eigenvalue weighted by molar-refractivity contribution is -0.385. The van der Waals surface area contributed by atoms with Gasteiger partial charge in [-0.1, -0.05) is 18.6 Å². The summed E-state index contributed by atoms with van der Waals surface area (Å²) in [6, 6.07) is 8.17. The van der Waals surface area contributed by atoms with Crippen LogP contribution in [-0.4, -0.2) is 34.1 Å². The van der Waals surface area contributed by atoms with Gasteiger partial charge >= 0.3 is 6.18 Å². The number of amides is 3. The monoisotopic (exact) mass is 449 g/mol. The molecule has 1 aliphatic rings. The number of nitrogens with zero attached hydrogens (tertiary/aromatic N) is 2. The number of nitro benzene ring substituents is 1. The summed E-state index contributed by atoms with van der Waals surface area (Å²) in [5.74, 6) is -1.78. The van der Waals surface area contributed by atoms with Gasteiger partial charge in [-0.15, -0.1) is 0 Å². The molecule has 0 saturated carbocycles. The van der Waals surface area contributed by atoms with E-state index in [1.54, 1.807) is 0 Å². The van der Waals surface area contributed by atoms with Crippen molar-refractivity contribution in [3.8, 4) is 0 Å². The van der Waals surface area contributed by atoms with Gasteiger partial charge in [-0.3, -0.25) is 29.4 Å². The fourth-order valence-electron chi connectivity index (χ4n) is 3.40. The number of alkyl halides is 3. The zero-order valence-electron chi connectivity index (χ0n) is 16.6. The molecule has 2 aromatic rings. The Balaban J connectivity index is 1.47. The molecule has 0 radical (unpaired) electrons. The SMILES string of the molecule is O=C(CCCCCN1C(=O)c2cccc([N+](=O)[O-])c2C1=O)Nc1cccc(C(F)(F)F)c1. The Morgan fingerprint density at radius 2 is 1.75 bits per heavy atom. The molecule has 2 aromatic carbocycles. The van der Waals surface area contributed by atoms with Crippen molar-refractivity contribution in [3.63, 3.8) is 0 Å². The van der Waals surface area contributed by atoms with Crippen molar-refractivity contribution < 1.29 is 32.5 Å². The van der Waals surface area contributed by atoms with Crippen LogP contribution < -0.4 is 5.32 Å². The van der Waals surface area contributed by atoms with E-state index in [1.807, 2.05) is 0 Å². The number of hydrogen-bond donors (Lipinski definition) is 1. The molecule has 168 valence electrons. The number of unbranched alkanes of at least 4 members (excludes halogenated alkanes) is 2. The first-order valence-corrected chi connectivity index (χ1v) is 9.70. The number of hydrogen-bond acceptors (Lipinski definition) is 5. The molecular formula is C21H18F3N3O5. The largest absolute Gasteiger partial charge is 0.416 e. The molecule has 1 aliphatic heterocycles. The van der Waals surface area contributed by atoms with Gasteiger partial charge in [-0.25, -0.2) is 0 Å². The topological polar surface area (TPSA) is 110 Å².